The van der Waals surface area contributed by atoms with Gasteiger partial charge in [0.2, 0.25) is 0 Å². The number of hydrogen-bond donors (Lipinski definition) is 0. The lowest BCUT2D eigenvalue weighted by Gasteiger charge is -2.66. The van der Waals surface area contributed by atoms with Gasteiger partial charge in [-0.1, -0.05) is 69.3 Å². The molecule has 0 saturated heterocycles. The fourth-order valence-electron chi connectivity index (χ4n) is 6.55. The summed E-state index contributed by atoms with van der Waals surface area (Å²) in [6.45, 7) is 10.6. The topological polar surface area (TPSA) is 98.1 Å². The van der Waals surface area contributed by atoms with Crippen molar-refractivity contribution in [2.24, 2.45) is 10.8 Å². The minimum absolute atomic E-state index is 0.0167. The van der Waals surface area contributed by atoms with E-state index in [4.69, 9.17) is 30.8 Å². The minimum Gasteiger partial charge on any atom is -0.489 e. The lowest BCUT2D eigenvalue weighted by atomic mass is 9.48. The van der Waals surface area contributed by atoms with Crippen molar-refractivity contribution < 1.29 is 28.8 Å². The van der Waals surface area contributed by atoms with E-state index in [-0.39, 0.29) is 49.7 Å². The molecule has 1 aliphatic carbocycles. The van der Waals surface area contributed by atoms with Crippen LogP contribution in [-0.4, -0.2) is 48.7 Å². The average Bonchev–Trinajstić information content (AvgIpc) is 3.19. The van der Waals surface area contributed by atoms with E-state index < -0.39 is 10.8 Å². The van der Waals surface area contributed by atoms with Gasteiger partial charge in [0.1, 0.15) is 24.5 Å². The summed E-state index contributed by atoms with van der Waals surface area (Å²) in [5.41, 5.74) is 1.23. The van der Waals surface area contributed by atoms with Crippen LogP contribution in [0.4, 0.5) is 0 Å². The van der Waals surface area contributed by atoms with Crippen LogP contribution in [0.1, 0.15) is 75.0 Å². The summed E-state index contributed by atoms with van der Waals surface area (Å²) in [4.78, 5) is 37.2. The molecule has 9 heteroatoms. The fourth-order valence-corrected chi connectivity index (χ4v) is 6.76. The highest BCUT2D eigenvalue weighted by Crippen LogP contribution is 2.60. The summed E-state index contributed by atoms with van der Waals surface area (Å²) in [5.74, 6) is 6.33. The third-order valence-corrected chi connectivity index (χ3v) is 8.12. The van der Waals surface area contributed by atoms with E-state index in [1.807, 2.05) is 29.2 Å². The summed E-state index contributed by atoms with van der Waals surface area (Å²) in [6.07, 6.45) is 0.314. The third kappa shape index (κ3) is 6.06. The zero-order valence-corrected chi connectivity index (χ0v) is 24.8. The van der Waals surface area contributed by atoms with Crippen molar-refractivity contribution >= 4 is 23.5 Å². The second kappa shape index (κ2) is 12.5. The van der Waals surface area contributed by atoms with Gasteiger partial charge in [-0.2, -0.15) is 5.26 Å². The number of halogens is 1. The molecule has 2 aliphatic rings. The number of amides is 1. The van der Waals surface area contributed by atoms with Crippen LogP contribution in [0, 0.1) is 34.0 Å². The Labute approximate surface area is 246 Å². The molecule has 1 unspecified atom stereocenters. The Kier molecular flexibility index (Phi) is 9.29. The predicted molar refractivity (Wildman–Crippen MR) is 153 cm³/mol. The second-order valence-electron chi connectivity index (χ2n) is 11.3. The molecule has 1 heterocycles. The quantitative estimate of drug-likeness (QED) is 0.114. The van der Waals surface area contributed by atoms with Gasteiger partial charge in [-0.05, 0) is 30.7 Å². The number of fused-ring (bicyclic) bond motifs is 1. The average molecular weight is 579 g/mol. The maximum atomic E-state index is 13.8. The first kappa shape index (κ1) is 30.4. The summed E-state index contributed by atoms with van der Waals surface area (Å²) in [6, 6.07) is 14.4. The molecule has 1 saturated carbocycles. The number of rotatable bonds is 10. The van der Waals surface area contributed by atoms with Gasteiger partial charge in [0.15, 0.2) is 0 Å². The zero-order chi connectivity index (χ0) is 29.8. The van der Waals surface area contributed by atoms with Crippen LogP contribution in [0.25, 0.3) is 0 Å². The van der Waals surface area contributed by atoms with Crippen LogP contribution < -0.4 is 4.74 Å². The highest BCUT2D eigenvalue weighted by molar-refractivity contribution is 6.31. The molecule has 0 bridgehead atoms. The number of nitriles is 1. The first-order valence-electron chi connectivity index (χ1n) is 13.7. The standard InChI is InChI=1S/C32H35ClN2O6/c1-6-38-27(36)16-18-40-39-17-10-9-13-26-23-11-7-8-12-24(23)28(37)35(26)29-31(2,3)30(32(29,4)5)41-22-15-14-21(20-34)25(33)19-22/h7-8,11-12,14-15,19,26,29-30H,6,13,16-18H2,1-5H3/t26?,29-,30-. The lowest BCUT2D eigenvalue weighted by Crippen LogP contribution is -2.75. The van der Waals surface area contributed by atoms with Crippen LogP contribution in [0.3, 0.4) is 0 Å². The monoisotopic (exact) mass is 578 g/mol. The highest BCUT2D eigenvalue weighted by atomic mass is 35.5. The van der Waals surface area contributed by atoms with Crippen molar-refractivity contribution in [3.8, 4) is 23.7 Å². The smallest absolute Gasteiger partial charge is 0.308 e. The van der Waals surface area contributed by atoms with Gasteiger partial charge in [-0.15, -0.1) is 0 Å². The van der Waals surface area contributed by atoms with E-state index in [1.165, 1.54) is 0 Å². The number of ether oxygens (including phenoxy) is 2. The van der Waals surface area contributed by atoms with Crippen molar-refractivity contribution in [1.82, 2.24) is 4.90 Å². The van der Waals surface area contributed by atoms with Crippen LogP contribution in [0.5, 0.6) is 5.75 Å². The van der Waals surface area contributed by atoms with Gasteiger partial charge in [0.25, 0.3) is 5.91 Å². The largest absolute Gasteiger partial charge is 0.489 e. The molecule has 0 N–H and O–H groups in total. The van der Waals surface area contributed by atoms with Crippen LogP contribution in [0.2, 0.25) is 5.02 Å². The SMILES string of the molecule is CCOC(=O)CCOOCC#CCC1c2ccccc2C(=O)N1[C@H]1C(C)(C)[C@H](Oc2ccc(C#N)c(Cl)c2)C1(C)C. The van der Waals surface area contributed by atoms with E-state index >= 15 is 0 Å². The number of benzene rings is 2. The number of carbonyl (C=O) groups excluding carboxylic acids is 2. The molecule has 0 radical (unpaired) electrons. The number of carbonyl (C=O) groups is 2. The second-order valence-corrected chi connectivity index (χ2v) is 11.7. The molecule has 2 aromatic rings. The Hall–Kier alpha value is -3.56. The highest BCUT2D eigenvalue weighted by Gasteiger charge is 2.68. The van der Waals surface area contributed by atoms with Crippen molar-refractivity contribution in [2.75, 3.05) is 19.8 Å². The molecule has 1 atom stereocenters. The molecule has 0 spiro atoms. The van der Waals surface area contributed by atoms with Gasteiger partial charge in [-0.3, -0.25) is 9.59 Å². The van der Waals surface area contributed by atoms with E-state index in [0.29, 0.717) is 34.9 Å². The molecule has 2 aromatic carbocycles. The van der Waals surface area contributed by atoms with Gasteiger partial charge in [0, 0.05) is 34.9 Å². The molecule has 216 valence electrons. The van der Waals surface area contributed by atoms with Gasteiger partial charge < -0.3 is 14.4 Å². The van der Waals surface area contributed by atoms with Crippen LogP contribution in [0.15, 0.2) is 42.5 Å². The molecule has 0 aromatic heterocycles. The van der Waals surface area contributed by atoms with E-state index in [1.54, 1.807) is 25.1 Å². The maximum Gasteiger partial charge on any atom is 0.308 e. The van der Waals surface area contributed by atoms with Gasteiger partial charge in [-0.25, -0.2) is 9.78 Å². The Morgan fingerprint density at radius 1 is 1.07 bits per heavy atom. The molecule has 1 fully saturated rings. The number of nitrogens with zero attached hydrogens (tertiary/aromatic N) is 2. The molecular weight excluding hydrogens is 544 g/mol. The Bertz CT molecular complexity index is 1390. The number of esters is 1. The first-order chi connectivity index (χ1) is 19.5. The Balaban J connectivity index is 1.47. The van der Waals surface area contributed by atoms with Gasteiger partial charge in [0.05, 0.1) is 36.3 Å². The third-order valence-electron chi connectivity index (χ3n) is 7.80. The van der Waals surface area contributed by atoms with Crippen molar-refractivity contribution in [2.45, 2.75) is 65.6 Å². The number of hydrogen-bond acceptors (Lipinski definition) is 7. The molecular formula is C32H35ClN2O6. The van der Waals surface area contributed by atoms with Crippen LogP contribution in [-0.2, 0) is 19.3 Å². The Morgan fingerprint density at radius 2 is 1.80 bits per heavy atom. The minimum atomic E-state index is -0.400. The summed E-state index contributed by atoms with van der Waals surface area (Å²) >= 11 is 6.25. The van der Waals surface area contributed by atoms with Crippen molar-refractivity contribution in [3.63, 3.8) is 0 Å². The predicted octanol–water partition coefficient (Wildman–Crippen LogP) is 5.89. The summed E-state index contributed by atoms with van der Waals surface area (Å²) in [5, 5.41) is 9.55. The normalized spacial score (nSPS) is 21.6. The van der Waals surface area contributed by atoms with Gasteiger partial charge >= 0.3 is 5.97 Å². The van der Waals surface area contributed by atoms with Crippen molar-refractivity contribution in [1.29, 1.82) is 5.26 Å². The van der Waals surface area contributed by atoms with E-state index in [9.17, 15) is 14.9 Å². The summed E-state index contributed by atoms with van der Waals surface area (Å²) in [7, 11) is 0. The Morgan fingerprint density at radius 3 is 2.49 bits per heavy atom. The molecule has 1 amide bonds. The molecule has 41 heavy (non-hydrogen) atoms. The molecule has 1 aliphatic heterocycles. The molecule has 4 rings (SSSR count). The maximum absolute atomic E-state index is 13.8. The van der Waals surface area contributed by atoms with Crippen molar-refractivity contribution in [3.05, 3.63) is 64.2 Å². The summed E-state index contributed by atoms with van der Waals surface area (Å²) < 4.78 is 11.3. The fraction of sp³-hybridized carbons (Fsp3) is 0.469. The lowest BCUT2D eigenvalue weighted by molar-refractivity contribution is -0.284. The van der Waals surface area contributed by atoms with E-state index in [0.717, 1.165) is 5.56 Å². The van der Waals surface area contributed by atoms with E-state index in [2.05, 4.69) is 45.6 Å². The zero-order valence-electron chi connectivity index (χ0n) is 24.0. The first-order valence-corrected chi connectivity index (χ1v) is 14.1. The molecule has 8 nitrogen and oxygen atoms in total. The van der Waals surface area contributed by atoms with Crippen LogP contribution >= 0.6 is 11.6 Å².